The van der Waals surface area contributed by atoms with Crippen LogP contribution in [0.25, 0.3) is 21.9 Å². The van der Waals surface area contributed by atoms with E-state index in [2.05, 4.69) is 57.9 Å². The van der Waals surface area contributed by atoms with E-state index in [1.54, 1.807) is 18.5 Å². The Balaban J connectivity index is 1.48. The van der Waals surface area contributed by atoms with Gasteiger partial charge in [0.05, 0.1) is 19.0 Å². The molecule has 0 aliphatic carbocycles. The maximum Gasteiger partial charge on any atom is 0.135 e. The van der Waals surface area contributed by atoms with Crippen molar-refractivity contribution in [2.75, 3.05) is 18.5 Å². The molecule has 2 N–H and O–H groups in total. The van der Waals surface area contributed by atoms with Gasteiger partial charge in [-0.15, -0.1) is 0 Å². The second-order valence-electron chi connectivity index (χ2n) is 8.22. The van der Waals surface area contributed by atoms with Crippen LogP contribution in [0.2, 0.25) is 0 Å². The van der Waals surface area contributed by atoms with Crippen LogP contribution in [-0.4, -0.2) is 28.3 Å². The standard InChI is InChI=1S/C26H26FN5O/c1-3-28-11-17-4-5-18(16(2)10-17)20-12-29-26(23-15-32-31-14-21(20)23)30-13-22-19-8-9-33-25(19)7-6-24(22)27/h4-7,10,12,14-15,28H,3,8-9,11,13H2,1-2H3,(H,29,30). The van der Waals surface area contributed by atoms with Crippen molar-refractivity contribution in [1.82, 2.24) is 20.5 Å². The van der Waals surface area contributed by atoms with Crippen molar-refractivity contribution in [3.8, 4) is 16.9 Å². The number of hydrogen-bond acceptors (Lipinski definition) is 6. The molecule has 168 valence electrons. The maximum absolute atomic E-state index is 14.6. The zero-order valence-electron chi connectivity index (χ0n) is 18.8. The first kappa shape index (κ1) is 21.3. The number of aromatic nitrogens is 3. The summed E-state index contributed by atoms with van der Waals surface area (Å²) in [6.45, 7) is 6.90. The van der Waals surface area contributed by atoms with E-state index in [4.69, 9.17) is 4.74 Å². The highest BCUT2D eigenvalue weighted by molar-refractivity contribution is 6.01. The van der Waals surface area contributed by atoms with E-state index in [0.717, 1.165) is 46.3 Å². The Morgan fingerprint density at radius 2 is 1.85 bits per heavy atom. The Labute approximate surface area is 192 Å². The Bertz CT molecular complexity index is 1320. The summed E-state index contributed by atoms with van der Waals surface area (Å²) in [5.74, 6) is 1.18. The topological polar surface area (TPSA) is 72.0 Å². The largest absolute Gasteiger partial charge is 0.493 e. The summed E-state index contributed by atoms with van der Waals surface area (Å²) in [7, 11) is 0. The van der Waals surface area contributed by atoms with E-state index >= 15 is 0 Å². The highest BCUT2D eigenvalue weighted by Gasteiger charge is 2.20. The van der Waals surface area contributed by atoms with Gasteiger partial charge in [-0.05, 0) is 42.3 Å². The molecule has 0 fully saturated rings. The van der Waals surface area contributed by atoms with Crippen LogP contribution < -0.4 is 15.4 Å². The van der Waals surface area contributed by atoms with Crippen molar-refractivity contribution in [2.24, 2.45) is 0 Å². The molecule has 6 nitrogen and oxygen atoms in total. The van der Waals surface area contributed by atoms with Crippen LogP contribution in [-0.2, 0) is 19.5 Å². The lowest BCUT2D eigenvalue weighted by Gasteiger charge is -2.15. The van der Waals surface area contributed by atoms with Crippen molar-refractivity contribution in [1.29, 1.82) is 0 Å². The number of nitrogens with one attached hydrogen (secondary N) is 2. The summed E-state index contributed by atoms with van der Waals surface area (Å²) >= 11 is 0. The van der Waals surface area contributed by atoms with Crippen molar-refractivity contribution in [3.63, 3.8) is 0 Å². The molecular weight excluding hydrogens is 417 g/mol. The molecule has 1 aliphatic heterocycles. The number of ether oxygens (including phenoxy) is 1. The lowest BCUT2D eigenvalue weighted by atomic mass is 9.96. The SMILES string of the molecule is CCNCc1ccc(-c2cnc(NCc3c(F)ccc4c3CCO4)c3cnncc23)c(C)c1. The number of rotatable bonds is 7. The predicted molar refractivity (Wildman–Crippen MR) is 128 cm³/mol. The molecule has 0 spiro atoms. The van der Waals surface area contributed by atoms with Gasteiger partial charge in [-0.1, -0.05) is 25.1 Å². The zero-order valence-corrected chi connectivity index (χ0v) is 18.8. The molecule has 0 radical (unpaired) electrons. The number of pyridine rings is 1. The molecule has 0 amide bonds. The van der Waals surface area contributed by atoms with Crippen LogP contribution in [0.1, 0.15) is 29.2 Å². The first-order valence-electron chi connectivity index (χ1n) is 11.2. The minimum atomic E-state index is -0.235. The molecule has 0 atom stereocenters. The molecule has 3 heterocycles. The summed E-state index contributed by atoms with van der Waals surface area (Å²) in [5.41, 5.74) is 6.08. The van der Waals surface area contributed by atoms with E-state index in [1.165, 1.54) is 17.2 Å². The van der Waals surface area contributed by atoms with Crippen LogP contribution in [0.5, 0.6) is 5.75 Å². The van der Waals surface area contributed by atoms with Gasteiger partial charge in [0.15, 0.2) is 0 Å². The first-order chi connectivity index (χ1) is 16.2. The van der Waals surface area contributed by atoms with Crippen LogP contribution in [0.4, 0.5) is 10.2 Å². The Morgan fingerprint density at radius 3 is 2.67 bits per heavy atom. The summed E-state index contributed by atoms with van der Waals surface area (Å²) in [6, 6.07) is 9.63. The van der Waals surface area contributed by atoms with Gasteiger partial charge in [-0.2, -0.15) is 10.2 Å². The second kappa shape index (κ2) is 9.11. The van der Waals surface area contributed by atoms with E-state index in [1.807, 2.05) is 6.20 Å². The van der Waals surface area contributed by atoms with Crippen molar-refractivity contribution < 1.29 is 9.13 Å². The third kappa shape index (κ3) is 4.12. The van der Waals surface area contributed by atoms with Gasteiger partial charge in [-0.3, -0.25) is 0 Å². The van der Waals surface area contributed by atoms with Gasteiger partial charge in [0.1, 0.15) is 17.4 Å². The highest BCUT2D eigenvalue weighted by Crippen LogP contribution is 2.34. The lowest BCUT2D eigenvalue weighted by molar-refractivity contribution is 0.356. The van der Waals surface area contributed by atoms with Gasteiger partial charge in [0.25, 0.3) is 0 Å². The average Bonchev–Trinajstić information content (AvgIpc) is 3.31. The van der Waals surface area contributed by atoms with Crippen LogP contribution in [0, 0.1) is 12.7 Å². The molecule has 0 bridgehead atoms. The fourth-order valence-corrected chi connectivity index (χ4v) is 4.43. The Morgan fingerprint density at radius 1 is 1.00 bits per heavy atom. The highest BCUT2D eigenvalue weighted by atomic mass is 19.1. The summed E-state index contributed by atoms with van der Waals surface area (Å²) < 4.78 is 20.1. The second-order valence-corrected chi connectivity index (χ2v) is 8.22. The molecule has 1 aliphatic rings. The molecule has 4 aromatic rings. The number of aryl methyl sites for hydroxylation is 1. The number of hydrogen-bond donors (Lipinski definition) is 2. The molecule has 0 unspecified atom stereocenters. The normalized spacial score (nSPS) is 12.6. The fourth-order valence-electron chi connectivity index (χ4n) is 4.43. The molecule has 0 saturated heterocycles. The molecule has 5 rings (SSSR count). The number of halogens is 1. The van der Waals surface area contributed by atoms with Gasteiger partial charge >= 0.3 is 0 Å². The van der Waals surface area contributed by atoms with Gasteiger partial charge < -0.3 is 15.4 Å². The van der Waals surface area contributed by atoms with Crippen LogP contribution in [0.3, 0.4) is 0 Å². The van der Waals surface area contributed by atoms with E-state index < -0.39 is 0 Å². The molecule has 2 aromatic heterocycles. The van der Waals surface area contributed by atoms with Crippen molar-refractivity contribution in [2.45, 2.75) is 33.4 Å². The Kier molecular flexibility index (Phi) is 5.88. The Hall–Kier alpha value is -3.58. The lowest BCUT2D eigenvalue weighted by Crippen LogP contribution is -2.11. The van der Waals surface area contributed by atoms with Crippen molar-refractivity contribution >= 4 is 16.6 Å². The van der Waals surface area contributed by atoms with Gasteiger partial charge in [0, 0.05) is 53.2 Å². The van der Waals surface area contributed by atoms with Gasteiger partial charge in [0.2, 0.25) is 0 Å². The van der Waals surface area contributed by atoms with E-state index in [-0.39, 0.29) is 5.82 Å². The number of benzene rings is 2. The van der Waals surface area contributed by atoms with E-state index in [9.17, 15) is 4.39 Å². The molecular formula is C26H26FN5O. The predicted octanol–water partition coefficient (Wildman–Crippen LogP) is 4.80. The number of anilines is 1. The fraction of sp³-hybridized carbons (Fsp3) is 0.269. The smallest absolute Gasteiger partial charge is 0.135 e. The average molecular weight is 444 g/mol. The third-order valence-electron chi connectivity index (χ3n) is 6.13. The third-order valence-corrected chi connectivity index (χ3v) is 6.13. The molecule has 2 aromatic carbocycles. The quantitative estimate of drug-likeness (QED) is 0.428. The van der Waals surface area contributed by atoms with E-state index in [0.29, 0.717) is 31.0 Å². The first-order valence-corrected chi connectivity index (χ1v) is 11.2. The van der Waals surface area contributed by atoms with Crippen LogP contribution in [0.15, 0.2) is 48.9 Å². The minimum absolute atomic E-state index is 0.235. The van der Waals surface area contributed by atoms with Crippen LogP contribution >= 0.6 is 0 Å². The zero-order chi connectivity index (χ0) is 22.8. The van der Waals surface area contributed by atoms with Crippen molar-refractivity contribution in [3.05, 3.63) is 77.0 Å². The molecule has 0 saturated carbocycles. The minimum Gasteiger partial charge on any atom is -0.493 e. The number of fused-ring (bicyclic) bond motifs is 2. The summed E-state index contributed by atoms with van der Waals surface area (Å²) in [5, 5.41) is 16.7. The molecule has 7 heteroatoms. The summed E-state index contributed by atoms with van der Waals surface area (Å²) in [6.07, 6.45) is 6.04. The summed E-state index contributed by atoms with van der Waals surface area (Å²) in [4.78, 5) is 4.69. The number of nitrogens with zero attached hydrogens (tertiary/aromatic N) is 3. The molecule has 33 heavy (non-hydrogen) atoms. The van der Waals surface area contributed by atoms with Gasteiger partial charge in [-0.25, -0.2) is 9.37 Å². The monoisotopic (exact) mass is 443 g/mol. The maximum atomic E-state index is 14.6.